The molecule has 0 aliphatic carbocycles. The second kappa shape index (κ2) is 7.72. The summed E-state index contributed by atoms with van der Waals surface area (Å²) in [4.78, 5) is 45.2. The number of hydrogen-bond acceptors (Lipinski definition) is 7. The summed E-state index contributed by atoms with van der Waals surface area (Å²) in [7, 11) is 0. The zero-order chi connectivity index (χ0) is 18.5. The minimum atomic E-state index is -0.807. The number of aromatic nitrogens is 3. The summed E-state index contributed by atoms with van der Waals surface area (Å²) in [6.07, 6.45) is 3.01. The van der Waals surface area contributed by atoms with Crippen molar-refractivity contribution in [3.8, 4) is 0 Å². The van der Waals surface area contributed by atoms with E-state index in [0.717, 1.165) is 6.42 Å². The van der Waals surface area contributed by atoms with Gasteiger partial charge < -0.3 is 20.5 Å². The van der Waals surface area contributed by atoms with Crippen LogP contribution in [0.5, 0.6) is 0 Å². The van der Waals surface area contributed by atoms with Crippen molar-refractivity contribution in [2.24, 2.45) is 11.7 Å². The third-order valence-electron chi connectivity index (χ3n) is 4.08. The average Bonchev–Trinajstić information content (AvgIpc) is 3.16. The number of urea groups is 1. The number of rotatable bonds is 5. The van der Waals surface area contributed by atoms with Gasteiger partial charge in [-0.2, -0.15) is 4.98 Å². The lowest BCUT2D eigenvalue weighted by Crippen LogP contribution is -2.47. The predicted octanol–water partition coefficient (Wildman–Crippen LogP) is 0.368. The Morgan fingerprint density at radius 3 is 2.88 bits per heavy atom. The SMILES string of the molecule is NC(=O)c1noc(CNC(=O)N2CCC[C@@H](C(=O)c3ccccn3)C2)n1. The van der Waals surface area contributed by atoms with Crippen LogP contribution < -0.4 is 11.1 Å². The molecule has 1 aliphatic rings. The van der Waals surface area contributed by atoms with E-state index in [1.165, 1.54) is 0 Å². The van der Waals surface area contributed by atoms with Crippen molar-refractivity contribution in [2.45, 2.75) is 19.4 Å². The fourth-order valence-corrected chi connectivity index (χ4v) is 2.78. The number of piperidine rings is 1. The van der Waals surface area contributed by atoms with Crippen LogP contribution >= 0.6 is 0 Å². The Kier molecular flexibility index (Phi) is 5.20. The average molecular weight is 358 g/mol. The van der Waals surface area contributed by atoms with E-state index in [9.17, 15) is 14.4 Å². The van der Waals surface area contributed by atoms with Gasteiger partial charge >= 0.3 is 6.03 Å². The lowest BCUT2D eigenvalue weighted by Gasteiger charge is -2.31. The summed E-state index contributed by atoms with van der Waals surface area (Å²) in [5.74, 6) is -1.32. The number of pyridine rings is 1. The molecule has 3 rings (SSSR count). The molecule has 10 nitrogen and oxygen atoms in total. The summed E-state index contributed by atoms with van der Waals surface area (Å²) >= 11 is 0. The lowest BCUT2D eigenvalue weighted by atomic mass is 9.92. The van der Waals surface area contributed by atoms with Gasteiger partial charge in [0.15, 0.2) is 5.78 Å². The molecule has 0 spiro atoms. The van der Waals surface area contributed by atoms with Gasteiger partial charge in [0.1, 0.15) is 5.69 Å². The minimum Gasteiger partial charge on any atom is -0.363 e. The maximum atomic E-state index is 12.5. The normalized spacial score (nSPS) is 16.9. The van der Waals surface area contributed by atoms with Crippen LogP contribution in [0.2, 0.25) is 0 Å². The molecular weight excluding hydrogens is 340 g/mol. The van der Waals surface area contributed by atoms with Crippen molar-refractivity contribution in [1.29, 1.82) is 0 Å². The first-order valence-corrected chi connectivity index (χ1v) is 8.15. The van der Waals surface area contributed by atoms with Crippen LogP contribution in [-0.2, 0) is 6.54 Å². The second-order valence-electron chi connectivity index (χ2n) is 5.90. The molecule has 3 N–H and O–H groups in total. The van der Waals surface area contributed by atoms with Crippen molar-refractivity contribution in [3.05, 3.63) is 41.8 Å². The van der Waals surface area contributed by atoms with Gasteiger partial charge in [0.2, 0.25) is 5.89 Å². The lowest BCUT2D eigenvalue weighted by molar-refractivity contribution is 0.0839. The highest BCUT2D eigenvalue weighted by molar-refractivity contribution is 5.96. The number of nitrogens with one attached hydrogen (secondary N) is 1. The number of hydrogen-bond donors (Lipinski definition) is 2. The summed E-state index contributed by atoms with van der Waals surface area (Å²) in [6.45, 7) is 0.834. The molecule has 0 aromatic carbocycles. The minimum absolute atomic E-state index is 0.0333. The van der Waals surface area contributed by atoms with Gasteiger partial charge in [0.05, 0.1) is 6.54 Å². The molecule has 2 aromatic heterocycles. The molecule has 3 heterocycles. The number of nitrogens with zero attached hydrogens (tertiary/aromatic N) is 4. The molecule has 0 saturated carbocycles. The Balaban J connectivity index is 1.55. The van der Waals surface area contributed by atoms with Gasteiger partial charge in [-0.3, -0.25) is 14.6 Å². The van der Waals surface area contributed by atoms with Crippen LogP contribution in [-0.4, -0.2) is 50.8 Å². The standard InChI is InChI=1S/C16H18N6O4/c17-14(24)15-20-12(26-21-15)8-19-16(25)22-7-3-4-10(9-22)13(23)11-5-1-2-6-18-11/h1-2,5-6,10H,3-4,7-9H2,(H2,17,24)(H,19,25)/t10-/m1/s1. The van der Waals surface area contributed by atoms with Crippen LogP contribution in [0.25, 0.3) is 0 Å². The van der Waals surface area contributed by atoms with Crippen molar-refractivity contribution in [3.63, 3.8) is 0 Å². The Morgan fingerprint density at radius 1 is 1.35 bits per heavy atom. The van der Waals surface area contributed by atoms with Crippen LogP contribution in [0.3, 0.4) is 0 Å². The van der Waals surface area contributed by atoms with Crippen LogP contribution in [0.1, 0.15) is 39.8 Å². The van der Waals surface area contributed by atoms with E-state index in [2.05, 4.69) is 20.4 Å². The smallest absolute Gasteiger partial charge is 0.317 e. The van der Waals surface area contributed by atoms with Crippen molar-refractivity contribution < 1.29 is 18.9 Å². The zero-order valence-corrected chi connectivity index (χ0v) is 13.9. The summed E-state index contributed by atoms with van der Waals surface area (Å²) in [6, 6.07) is 4.84. The van der Waals surface area contributed by atoms with Gasteiger partial charge in [0.25, 0.3) is 11.7 Å². The summed E-state index contributed by atoms with van der Waals surface area (Å²) < 4.78 is 4.82. The van der Waals surface area contributed by atoms with Gasteiger partial charge in [-0.25, -0.2) is 4.79 Å². The van der Waals surface area contributed by atoms with Crippen LogP contribution in [0.4, 0.5) is 4.79 Å². The zero-order valence-electron chi connectivity index (χ0n) is 13.9. The summed E-state index contributed by atoms with van der Waals surface area (Å²) in [5, 5.41) is 6.03. The molecule has 1 fully saturated rings. The number of amides is 3. The molecule has 0 radical (unpaired) electrons. The first-order chi connectivity index (χ1) is 12.5. The number of ketones is 1. The van der Waals surface area contributed by atoms with Gasteiger partial charge in [-0.05, 0) is 25.0 Å². The number of primary amides is 1. The Hall–Kier alpha value is -3.30. The van der Waals surface area contributed by atoms with Crippen molar-refractivity contribution in [1.82, 2.24) is 25.3 Å². The van der Waals surface area contributed by atoms with Crippen molar-refractivity contribution >= 4 is 17.7 Å². The van der Waals surface area contributed by atoms with E-state index in [-0.39, 0.29) is 36.0 Å². The van der Waals surface area contributed by atoms with Gasteiger partial charge in [-0.1, -0.05) is 11.2 Å². The highest BCUT2D eigenvalue weighted by atomic mass is 16.5. The maximum Gasteiger partial charge on any atom is 0.317 e. The van der Waals surface area contributed by atoms with Gasteiger partial charge in [0, 0.05) is 25.2 Å². The Labute approximate surface area is 148 Å². The predicted molar refractivity (Wildman–Crippen MR) is 87.9 cm³/mol. The quantitative estimate of drug-likeness (QED) is 0.734. The van der Waals surface area contributed by atoms with Crippen LogP contribution in [0.15, 0.2) is 28.9 Å². The molecule has 0 bridgehead atoms. The Bertz CT molecular complexity index is 806. The highest BCUT2D eigenvalue weighted by Gasteiger charge is 2.29. The molecule has 10 heteroatoms. The molecule has 1 saturated heterocycles. The van der Waals surface area contributed by atoms with E-state index in [1.807, 2.05) is 0 Å². The maximum absolute atomic E-state index is 12.5. The summed E-state index contributed by atoms with van der Waals surface area (Å²) in [5.41, 5.74) is 5.44. The number of carbonyl (C=O) groups is 3. The Morgan fingerprint density at radius 2 is 2.19 bits per heavy atom. The first kappa shape index (κ1) is 17.5. The van der Waals surface area contributed by atoms with E-state index in [1.54, 1.807) is 29.3 Å². The molecule has 0 unspecified atom stereocenters. The number of likely N-dealkylation sites (tertiary alicyclic amines) is 1. The number of Topliss-reactive ketones (excluding diaryl/α,β-unsaturated/α-hetero) is 1. The van der Waals surface area contributed by atoms with Crippen LogP contribution in [0, 0.1) is 5.92 Å². The van der Waals surface area contributed by atoms with E-state index >= 15 is 0 Å². The fourth-order valence-electron chi connectivity index (χ4n) is 2.78. The largest absolute Gasteiger partial charge is 0.363 e. The molecule has 3 amide bonds. The third kappa shape index (κ3) is 4.02. The first-order valence-electron chi connectivity index (χ1n) is 8.15. The highest BCUT2D eigenvalue weighted by Crippen LogP contribution is 2.20. The monoisotopic (exact) mass is 358 g/mol. The fraction of sp³-hybridized carbons (Fsp3) is 0.375. The molecular formula is C16H18N6O4. The molecule has 26 heavy (non-hydrogen) atoms. The second-order valence-corrected chi connectivity index (χ2v) is 5.90. The molecule has 1 aliphatic heterocycles. The molecule has 1 atom stereocenters. The molecule has 136 valence electrons. The number of nitrogens with two attached hydrogens (primary N) is 1. The van der Waals surface area contributed by atoms with E-state index in [0.29, 0.717) is 25.2 Å². The van der Waals surface area contributed by atoms with E-state index in [4.69, 9.17) is 10.3 Å². The number of carbonyl (C=O) groups excluding carboxylic acids is 3. The third-order valence-corrected chi connectivity index (χ3v) is 4.08. The van der Waals surface area contributed by atoms with E-state index < -0.39 is 5.91 Å². The molecule has 2 aromatic rings. The van der Waals surface area contributed by atoms with Crippen molar-refractivity contribution in [2.75, 3.05) is 13.1 Å². The van der Waals surface area contributed by atoms with Gasteiger partial charge in [-0.15, -0.1) is 0 Å². The topological polar surface area (TPSA) is 144 Å².